The molecule has 1 unspecified atom stereocenters. The number of anilines is 1. The van der Waals surface area contributed by atoms with Crippen molar-refractivity contribution in [3.05, 3.63) is 22.8 Å². The van der Waals surface area contributed by atoms with Crippen molar-refractivity contribution >= 4 is 29.3 Å². The predicted octanol–water partition coefficient (Wildman–Crippen LogP) is 0.719. The molecule has 1 atom stereocenters. The first-order chi connectivity index (χ1) is 7.41. The van der Waals surface area contributed by atoms with E-state index >= 15 is 0 Å². The van der Waals surface area contributed by atoms with Gasteiger partial charge in [-0.3, -0.25) is 4.79 Å². The molecule has 1 aromatic rings. The summed E-state index contributed by atoms with van der Waals surface area (Å²) in [6.45, 7) is 1.54. The number of pyridine rings is 1. The minimum absolute atomic E-state index is 0.0322. The second kappa shape index (κ2) is 4.80. The summed E-state index contributed by atoms with van der Waals surface area (Å²) >= 11 is 5.63. The van der Waals surface area contributed by atoms with Crippen molar-refractivity contribution < 1.29 is 14.7 Å². The van der Waals surface area contributed by atoms with E-state index in [0.29, 0.717) is 0 Å². The fourth-order valence-electron chi connectivity index (χ4n) is 0.974. The lowest BCUT2D eigenvalue weighted by Gasteiger charge is -2.11. The molecule has 1 aromatic heterocycles. The Hall–Kier alpha value is -1.82. The number of aromatic carboxylic acids is 1. The summed E-state index contributed by atoms with van der Waals surface area (Å²) in [4.78, 5) is 25.4. The number of hydrogen-bond donors (Lipinski definition) is 3. The molecule has 0 spiro atoms. The molecule has 1 heterocycles. The minimum Gasteiger partial charge on any atom is -0.478 e. The highest BCUT2D eigenvalue weighted by molar-refractivity contribution is 6.33. The number of amides is 1. The molecule has 86 valence electrons. The monoisotopic (exact) mass is 243 g/mol. The number of rotatable bonds is 4. The van der Waals surface area contributed by atoms with Crippen LogP contribution in [-0.2, 0) is 4.79 Å². The summed E-state index contributed by atoms with van der Waals surface area (Å²) in [6, 6.07) is 0.597. The largest absolute Gasteiger partial charge is 0.478 e. The Morgan fingerprint density at radius 1 is 1.62 bits per heavy atom. The van der Waals surface area contributed by atoms with Crippen molar-refractivity contribution in [1.82, 2.24) is 4.98 Å². The maximum Gasteiger partial charge on any atom is 0.337 e. The maximum atomic E-state index is 10.8. The van der Waals surface area contributed by atoms with Crippen molar-refractivity contribution in [3.63, 3.8) is 0 Å². The van der Waals surface area contributed by atoms with Gasteiger partial charge < -0.3 is 16.2 Å². The molecule has 0 aliphatic heterocycles. The van der Waals surface area contributed by atoms with Gasteiger partial charge in [0.2, 0.25) is 5.91 Å². The first kappa shape index (κ1) is 12.3. The van der Waals surface area contributed by atoms with Gasteiger partial charge in [-0.15, -0.1) is 0 Å². The summed E-state index contributed by atoms with van der Waals surface area (Å²) < 4.78 is 0. The average molecular weight is 244 g/mol. The molecular weight excluding hydrogens is 234 g/mol. The lowest BCUT2D eigenvalue weighted by molar-refractivity contribution is -0.118. The highest BCUT2D eigenvalue weighted by Crippen LogP contribution is 2.18. The van der Waals surface area contributed by atoms with Crippen LogP contribution < -0.4 is 11.1 Å². The molecule has 0 aromatic carbocycles. The molecule has 0 aliphatic rings. The summed E-state index contributed by atoms with van der Waals surface area (Å²) in [5.74, 6) is -1.50. The van der Waals surface area contributed by atoms with E-state index in [1.807, 2.05) is 0 Å². The van der Waals surface area contributed by atoms with Crippen LogP contribution in [0.25, 0.3) is 0 Å². The summed E-state index contributed by atoms with van der Waals surface area (Å²) in [7, 11) is 0. The van der Waals surface area contributed by atoms with Crippen molar-refractivity contribution in [1.29, 1.82) is 0 Å². The van der Waals surface area contributed by atoms with Gasteiger partial charge in [0.05, 0.1) is 10.6 Å². The number of carbonyl (C=O) groups excluding carboxylic acids is 1. The Morgan fingerprint density at radius 3 is 2.75 bits per heavy atom. The standard InChI is InChI=1S/C9H10ClN3O3/c1-4(8(11)14)13-7-2-5(9(15)16)6(10)3-12-7/h2-4H,1H3,(H2,11,14)(H,12,13)(H,15,16). The Kier molecular flexibility index (Phi) is 3.68. The van der Waals surface area contributed by atoms with Gasteiger partial charge in [-0.1, -0.05) is 11.6 Å². The number of carboxylic acids is 1. The number of primary amides is 1. The lowest BCUT2D eigenvalue weighted by Crippen LogP contribution is -2.32. The average Bonchev–Trinajstić information content (AvgIpc) is 2.20. The fraction of sp³-hybridized carbons (Fsp3) is 0.222. The van der Waals surface area contributed by atoms with E-state index in [1.54, 1.807) is 6.92 Å². The molecule has 16 heavy (non-hydrogen) atoms. The second-order valence-corrected chi connectivity index (χ2v) is 3.53. The van der Waals surface area contributed by atoms with E-state index in [9.17, 15) is 9.59 Å². The second-order valence-electron chi connectivity index (χ2n) is 3.12. The summed E-state index contributed by atoms with van der Waals surface area (Å²) in [5.41, 5.74) is 4.95. The zero-order valence-electron chi connectivity index (χ0n) is 8.40. The van der Waals surface area contributed by atoms with Crippen LogP contribution in [0.15, 0.2) is 12.3 Å². The number of halogens is 1. The van der Waals surface area contributed by atoms with Crippen LogP contribution in [0.5, 0.6) is 0 Å². The number of nitrogens with two attached hydrogens (primary N) is 1. The highest BCUT2D eigenvalue weighted by atomic mass is 35.5. The molecule has 0 bridgehead atoms. The van der Waals surface area contributed by atoms with Gasteiger partial charge in [-0.2, -0.15) is 0 Å². The summed E-state index contributed by atoms with van der Waals surface area (Å²) in [5, 5.41) is 11.5. The van der Waals surface area contributed by atoms with Crippen LogP contribution in [0.4, 0.5) is 5.82 Å². The first-order valence-corrected chi connectivity index (χ1v) is 4.74. The highest BCUT2D eigenvalue weighted by Gasteiger charge is 2.13. The van der Waals surface area contributed by atoms with Gasteiger partial charge in [0.25, 0.3) is 0 Å². The quantitative estimate of drug-likeness (QED) is 0.723. The van der Waals surface area contributed by atoms with Crippen molar-refractivity contribution in [2.75, 3.05) is 5.32 Å². The molecule has 1 rings (SSSR count). The van der Waals surface area contributed by atoms with Gasteiger partial charge in [0.1, 0.15) is 11.9 Å². The van der Waals surface area contributed by atoms with E-state index in [0.717, 1.165) is 0 Å². The molecule has 4 N–H and O–H groups in total. The molecule has 0 aliphatic carbocycles. The third-order valence-electron chi connectivity index (χ3n) is 1.88. The van der Waals surface area contributed by atoms with Crippen LogP contribution in [0, 0.1) is 0 Å². The van der Waals surface area contributed by atoms with Gasteiger partial charge in [-0.25, -0.2) is 9.78 Å². The van der Waals surface area contributed by atoms with E-state index in [1.165, 1.54) is 12.3 Å². The third-order valence-corrected chi connectivity index (χ3v) is 2.18. The molecule has 0 radical (unpaired) electrons. The normalized spacial score (nSPS) is 11.9. The van der Waals surface area contributed by atoms with E-state index in [-0.39, 0.29) is 16.4 Å². The number of nitrogens with one attached hydrogen (secondary N) is 1. The van der Waals surface area contributed by atoms with Crippen LogP contribution in [-0.4, -0.2) is 28.0 Å². The Labute approximate surface area is 96.4 Å². The van der Waals surface area contributed by atoms with Gasteiger partial charge in [0.15, 0.2) is 0 Å². The van der Waals surface area contributed by atoms with Crippen LogP contribution in [0.2, 0.25) is 5.02 Å². The smallest absolute Gasteiger partial charge is 0.337 e. The predicted molar refractivity (Wildman–Crippen MR) is 58.5 cm³/mol. The van der Waals surface area contributed by atoms with Crippen molar-refractivity contribution in [2.45, 2.75) is 13.0 Å². The molecule has 0 saturated heterocycles. The maximum absolute atomic E-state index is 10.8. The number of carboxylic acid groups (broad SMARTS) is 1. The van der Waals surface area contributed by atoms with Gasteiger partial charge >= 0.3 is 5.97 Å². The van der Waals surface area contributed by atoms with E-state index in [2.05, 4.69) is 10.3 Å². The topological polar surface area (TPSA) is 105 Å². The molecule has 7 heteroatoms. The zero-order valence-corrected chi connectivity index (χ0v) is 9.15. The Balaban J connectivity index is 2.95. The lowest BCUT2D eigenvalue weighted by atomic mass is 10.2. The minimum atomic E-state index is -1.16. The van der Waals surface area contributed by atoms with Crippen molar-refractivity contribution in [3.8, 4) is 0 Å². The number of hydrogen-bond acceptors (Lipinski definition) is 4. The molecule has 0 fully saturated rings. The number of carbonyl (C=O) groups is 2. The number of aromatic nitrogens is 1. The molecular formula is C9H10ClN3O3. The third kappa shape index (κ3) is 2.83. The van der Waals surface area contributed by atoms with Crippen LogP contribution in [0.1, 0.15) is 17.3 Å². The molecule has 6 nitrogen and oxygen atoms in total. The summed E-state index contributed by atoms with van der Waals surface area (Å²) in [6.07, 6.45) is 1.20. The fourth-order valence-corrected chi connectivity index (χ4v) is 1.16. The van der Waals surface area contributed by atoms with E-state index < -0.39 is 17.9 Å². The zero-order chi connectivity index (χ0) is 12.3. The van der Waals surface area contributed by atoms with Gasteiger partial charge in [-0.05, 0) is 13.0 Å². The van der Waals surface area contributed by atoms with Crippen LogP contribution >= 0.6 is 11.6 Å². The van der Waals surface area contributed by atoms with E-state index in [4.69, 9.17) is 22.4 Å². The van der Waals surface area contributed by atoms with Gasteiger partial charge in [0, 0.05) is 6.20 Å². The van der Waals surface area contributed by atoms with Crippen molar-refractivity contribution in [2.24, 2.45) is 5.73 Å². The Morgan fingerprint density at radius 2 is 2.25 bits per heavy atom. The molecule has 1 amide bonds. The molecule has 0 saturated carbocycles. The van der Waals surface area contributed by atoms with Crippen LogP contribution in [0.3, 0.4) is 0 Å². The first-order valence-electron chi connectivity index (χ1n) is 4.36. The Bertz CT molecular complexity index is 436. The number of nitrogens with zero attached hydrogens (tertiary/aromatic N) is 1. The SMILES string of the molecule is CC(Nc1cc(C(=O)O)c(Cl)cn1)C(N)=O.